The zero-order valence-electron chi connectivity index (χ0n) is 9.88. The monoisotopic (exact) mass is 213 g/mol. The van der Waals surface area contributed by atoms with Crippen LogP contribution in [0.15, 0.2) is 0 Å². The van der Waals surface area contributed by atoms with Crippen LogP contribution in [0.4, 0.5) is 0 Å². The number of amides is 1. The Morgan fingerprint density at radius 2 is 2.33 bits per heavy atom. The summed E-state index contributed by atoms with van der Waals surface area (Å²) >= 11 is 0. The number of nitrogens with zero attached hydrogens (tertiary/aromatic N) is 1. The first kappa shape index (κ1) is 12.5. The molecule has 1 saturated heterocycles. The van der Waals surface area contributed by atoms with Crippen molar-refractivity contribution in [2.24, 2.45) is 0 Å². The molecule has 1 heterocycles. The van der Waals surface area contributed by atoms with Crippen molar-refractivity contribution in [3.05, 3.63) is 0 Å². The topological polar surface area (TPSA) is 44.4 Å². The van der Waals surface area contributed by atoms with E-state index in [0.29, 0.717) is 6.04 Å². The minimum Gasteiger partial charge on any atom is -0.352 e. The summed E-state index contributed by atoms with van der Waals surface area (Å²) in [6.07, 6.45) is 2.29. The minimum atomic E-state index is 0.0921. The van der Waals surface area contributed by atoms with Crippen LogP contribution in [-0.4, -0.2) is 49.6 Å². The van der Waals surface area contributed by atoms with Crippen LogP contribution in [-0.2, 0) is 4.79 Å². The third kappa shape index (κ3) is 5.14. The Kier molecular flexibility index (Phi) is 5.65. The SMILES string of the molecule is CCNCCCN1CCC(NC(C)=O)C1. The predicted molar refractivity (Wildman–Crippen MR) is 61.8 cm³/mol. The number of hydrogen-bond donors (Lipinski definition) is 2. The Balaban J connectivity index is 2.05. The van der Waals surface area contributed by atoms with Crippen molar-refractivity contribution in [3.63, 3.8) is 0 Å². The van der Waals surface area contributed by atoms with Crippen LogP contribution >= 0.6 is 0 Å². The van der Waals surface area contributed by atoms with Crippen molar-refractivity contribution >= 4 is 5.91 Å². The van der Waals surface area contributed by atoms with Gasteiger partial charge in [-0.05, 0) is 32.5 Å². The highest BCUT2D eigenvalue weighted by molar-refractivity contribution is 5.73. The van der Waals surface area contributed by atoms with Crippen LogP contribution in [0, 0.1) is 0 Å². The highest BCUT2D eigenvalue weighted by atomic mass is 16.1. The number of hydrogen-bond acceptors (Lipinski definition) is 3. The molecule has 2 N–H and O–H groups in total. The van der Waals surface area contributed by atoms with E-state index < -0.39 is 0 Å². The molecule has 0 radical (unpaired) electrons. The Labute approximate surface area is 92.4 Å². The second-order valence-corrected chi connectivity index (χ2v) is 4.19. The number of rotatable bonds is 6. The smallest absolute Gasteiger partial charge is 0.217 e. The first-order valence-corrected chi connectivity index (χ1v) is 5.92. The minimum absolute atomic E-state index is 0.0921. The molecule has 1 rings (SSSR count). The summed E-state index contributed by atoms with van der Waals surface area (Å²) < 4.78 is 0. The highest BCUT2D eigenvalue weighted by Crippen LogP contribution is 2.08. The van der Waals surface area contributed by atoms with E-state index in [9.17, 15) is 4.79 Å². The van der Waals surface area contributed by atoms with Gasteiger partial charge in [-0.25, -0.2) is 0 Å². The molecule has 1 aliphatic rings. The van der Waals surface area contributed by atoms with Gasteiger partial charge in [0.25, 0.3) is 0 Å². The molecule has 15 heavy (non-hydrogen) atoms. The van der Waals surface area contributed by atoms with E-state index in [4.69, 9.17) is 0 Å². The molecule has 4 nitrogen and oxygen atoms in total. The fraction of sp³-hybridized carbons (Fsp3) is 0.909. The lowest BCUT2D eigenvalue weighted by molar-refractivity contribution is -0.119. The normalized spacial score (nSPS) is 21.9. The molecule has 1 unspecified atom stereocenters. The summed E-state index contributed by atoms with van der Waals surface area (Å²) in [7, 11) is 0. The van der Waals surface area contributed by atoms with Gasteiger partial charge in [0, 0.05) is 26.1 Å². The first-order chi connectivity index (χ1) is 7.22. The van der Waals surface area contributed by atoms with Gasteiger partial charge in [0.15, 0.2) is 0 Å². The maximum absolute atomic E-state index is 10.9. The Morgan fingerprint density at radius 3 is 3.00 bits per heavy atom. The summed E-state index contributed by atoms with van der Waals surface area (Å²) in [6.45, 7) is 9.15. The van der Waals surface area contributed by atoms with Gasteiger partial charge in [-0.2, -0.15) is 0 Å². The third-order valence-electron chi connectivity index (χ3n) is 2.76. The number of carbonyl (C=O) groups is 1. The average molecular weight is 213 g/mol. The van der Waals surface area contributed by atoms with Gasteiger partial charge >= 0.3 is 0 Å². The fourth-order valence-corrected chi connectivity index (χ4v) is 2.05. The lowest BCUT2D eigenvalue weighted by Gasteiger charge is -2.16. The van der Waals surface area contributed by atoms with E-state index in [1.807, 2.05) is 0 Å². The maximum Gasteiger partial charge on any atom is 0.217 e. The molecule has 88 valence electrons. The average Bonchev–Trinajstić information content (AvgIpc) is 2.59. The Hall–Kier alpha value is -0.610. The van der Waals surface area contributed by atoms with E-state index >= 15 is 0 Å². The van der Waals surface area contributed by atoms with Crippen molar-refractivity contribution < 1.29 is 4.79 Å². The number of likely N-dealkylation sites (tertiary alicyclic amines) is 1. The standard InChI is InChI=1S/C11H23N3O/c1-3-12-6-4-7-14-8-5-11(9-14)13-10(2)15/h11-12H,3-9H2,1-2H3,(H,13,15). The van der Waals surface area contributed by atoms with E-state index in [-0.39, 0.29) is 5.91 Å². The molecule has 0 spiro atoms. The molecular weight excluding hydrogens is 190 g/mol. The van der Waals surface area contributed by atoms with Crippen LogP contribution in [0.3, 0.4) is 0 Å². The second kappa shape index (κ2) is 6.80. The van der Waals surface area contributed by atoms with Gasteiger partial charge in [0.05, 0.1) is 0 Å². The third-order valence-corrected chi connectivity index (χ3v) is 2.76. The summed E-state index contributed by atoms with van der Waals surface area (Å²) in [4.78, 5) is 13.3. The van der Waals surface area contributed by atoms with Crippen LogP contribution in [0.2, 0.25) is 0 Å². The van der Waals surface area contributed by atoms with E-state index in [0.717, 1.165) is 39.1 Å². The molecule has 1 atom stereocenters. The Bertz CT molecular complexity index is 196. The van der Waals surface area contributed by atoms with E-state index in [1.165, 1.54) is 6.42 Å². The number of carbonyl (C=O) groups excluding carboxylic acids is 1. The molecule has 0 aromatic carbocycles. The summed E-state index contributed by atoms with van der Waals surface area (Å²) in [5, 5.41) is 6.30. The van der Waals surface area contributed by atoms with Crippen molar-refractivity contribution in [1.82, 2.24) is 15.5 Å². The van der Waals surface area contributed by atoms with Crippen molar-refractivity contribution in [2.45, 2.75) is 32.7 Å². The second-order valence-electron chi connectivity index (χ2n) is 4.19. The molecule has 1 amide bonds. The van der Waals surface area contributed by atoms with Gasteiger partial charge in [-0.1, -0.05) is 6.92 Å². The molecule has 4 heteroatoms. The summed E-state index contributed by atoms with van der Waals surface area (Å²) in [5.41, 5.74) is 0. The van der Waals surface area contributed by atoms with Crippen LogP contribution in [0.5, 0.6) is 0 Å². The molecule has 1 aliphatic heterocycles. The van der Waals surface area contributed by atoms with Gasteiger partial charge < -0.3 is 15.5 Å². The van der Waals surface area contributed by atoms with E-state index in [2.05, 4.69) is 22.5 Å². The first-order valence-electron chi connectivity index (χ1n) is 5.92. The largest absolute Gasteiger partial charge is 0.352 e. The lowest BCUT2D eigenvalue weighted by atomic mass is 10.2. The van der Waals surface area contributed by atoms with Crippen LogP contribution in [0.1, 0.15) is 26.7 Å². The van der Waals surface area contributed by atoms with Crippen molar-refractivity contribution in [1.29, 1.82) is 0 Å². The molecule has 0 bridgehead atoms. The zero-order valence-corrected chi connectivity index (χ0v) is 9.88. The van der Waals surface area contributed by atoms with Gasteiger partial charge in [0.1, 0.15) is 0 Å². The van der Waals surface area contributed by atoms with Gasteiger partial charge in [0.2, 0.25) is 5.91 Å². The fourth-order valence-electron chi connectivity index (χ4n) is 2.05. The molecular formula is C11H23N3O. The predicted octanol–water partition coefficient (Wildman–Crippen LogP) is 0.196. The summed E-state index contributed by atoms with van der Waals surface area (Å²) in [6, 6.07) is 0.377. The quantitative estimate of drug-likeness (QED) is 0.619. The lowest BCUT2D eigenvalue weighted by Crippen LogP contribution is -2.36. The van der Waals surface area contributed by atoms with Crippen LogP contribution < -0.4 is 10.6 Å². The maximum atomic E-state index is 10.9. The van der Waals surface area contributed by atoms with Gasteiger partial charge in [-0.15, -0.1) is 0 Å². The van der Waals surface area contributed by atoms with E-state index in [1.54, 1.807) is 6.92 Å². The molecule has 1 fully saturated rings. The molecule has 0 aliphatic carbocycles. The Morgan fingerprint density at radius 1 is 1.53 bits per heavy atom. The zero-order chi connectivity index (χ0) is 11.1. The molecule has 0 saturated carbocycles. The number of nitrogens with one attached hydrogen (secondary N) is 2. The van der Waals surface area contributed by atoms with Crippen molar-refractivity contribution in [3.8, 4) is 0 Å². The highest BCUT2D eigenvalue weighted by Gasteiger charge is 2.21. The molecule has 0 aromatic rings. The van der Waals surface area contributed by atoms with Crippen molar-refractivity contribution in [2.75, 3.05) is 32.7 Å². The van der Waals surface area contributed by atoms with Gasteiger partial charge in [-0.3, -0.25) is 4.79 Å². The molecule has 0 aromatic heterocycles. The van der Waals surface area contributed by atoms with Crippen LogP contribution in [0.25, 0.3) is 0 Å². The summed E-state index contributed by atoms with van der Waals surface area (Å²) in [5.74, 6) is 0.0921.